The van der Waals surface area contributed by atoms with Crippen LogP contribution >= 0.6 is 23.1 Å². The van der Waals surface area contributed by atoms with Gasteiger partial charge < -0.3 is 4.57 Å². The van der Waals surface area contributed by atoms with E-state index in [1.807, 2.05) is 23.1 Å². The lowest BCUT2D eigenvalue weighted by Gasteiger charge is -2.03. The van der Waals surface area contributed by atoms with Crippen molar-refractivity contribution in [1.29, 1.82) is 0 Å². The molecule has 0 unspecified atom stereocenters. The average molecular weight is 336 g/mol. The van der Waals surface area contributed by atoms with E-state index >= 15 is 0 Å². The normalized spacial score (nSPS) is 11.0. The first-order chi connectivity index (χ1) is 10.6. The number of rotatable bonds is 6. The van der Waals surface area contributed by atoms with E-state index < -0.39 is 4.92 Å². The summed E-state index contributed by atoms with van der Waals surface area (Å²) in [5.41, 5.74) is -0.0167. The lowest BCUT2D eigenvalue weighted by Crippen LogP contribution is -2.01. The van der Waals surface area contributed by atoms with Gasteiger partial charge in [0.1, 0.15) is 18.2 Å². The molecule has 0 N–H and O–H groups in total. The Bertz CT molecular complexity index is 780. The van der Waals surface area contributed by atoms with E-state index in [0.29, 0.717) is 5.88 Å². The lowest BCUT2D eigenvalue weighted by atomic mass is 10.3. The molecule has 0 spiro atoms. The molecule has 0 aliphatic heterocycles. The summed E-state index contributed by atoms with van der Waals surface area (Å²) in [6, 6.07) is 4.08. The van der Waals surface area contributed by atoms with Crippen LogP contribution in [0.1, 0.15) is 10.7 Å². The molecule has 8 nitrogen and oxygen atoms in total. The molecule has 10 heteroatoms. The Morgan fingerprint density at radius 3 is 3.00 bits per heavy atom. The van der Waals surface area contributed by atoms with Gasteiger partial charge in [-0.15, -0.1) is 21.5 Å². The van der Waals surface area contributed by atoms with E-state index in [9.17, 15) is 10.1 Å². The van der Waals surface area contributed by atoms with E-state index in [2.05, 4.69) is 21.4 Å². The van der Waals surface area contributed by atoms with Crippen molar-refractivity contribution in [3.63, 3.8) is 0 Å². The minimum Gasteiger partial charge on any atom is -0.309 e. The second-order valence-corrected chi connectivity index (χ2v) is 6.43. The maximum absolute atomic E-state index is 10.6. The van der Waals surface area contributed by atoms with Crippen LogP contribution in [0.3, 0.4) is 0 Å². The average Bonchev–Trinajstić information content (AvgIpc) is 3.21. The highest BCUT2D eigenvalue weighted by molar-refractivity contribution is 7.98. The third-order valence-corrected chi connectivity index (χ3v) is 4.88. The first kappa shape index (κ1) is 14.7. The van der Waals surface area contributed by atoms with Crippen LogP contribution in [0, 0.1) is 10.1 Å². The highest BCUT2D eigenvalue weighted by Crippen LogP contribution is 2.21. The van der Waals surface area contributed by atoms with Gasteiger partial charge in [0.25, 0.3) is 0 Å². The SMILES string of the molecule is Cn1c(Cc2cccs2)nnc1SCn1cc([N+](=O)[O-])cn1. The molecule has 0 amide bonds. The van der Waals surface area contributed by atoms with Gasteiger partial charge in [-0.25, -0.2) is 0 Å². The third kappa shape index (κ3) is 3.17. The molecule has 0 aliphatic rings. The summed E-state index contributed by atoms with van der Waals surface area (Å²) in [4.78, 5) is 11.4. The minimum atomic E-state index is -0.463. The quantitative estimate of drug-likeness (QED) is 0.390. The van der Waals surface area contributed by atoms with Crippen molar-refractivity contribution in [2.45, 2.75) is 17.5 Å². The Kier molecular flexibility index (Phi) is 4.20. The zero-order valence-electron chi connectivity index (χ0n) is 11.6. The van der Waals surface area contributed by atoms with Crippen molar-refractivity contribution in [2.24, 2.45) is 7.05 Å². The predicted molar refractivity (Wildman–Crippen MR) is 82.9 cm³/mol. The number of thioether (sulfide) groups is 1. The number of aromatic nitrogens is 5. The molecule has 0 atom stereocenters. The van der Waals surface area contributed by atoms with Crippen LogP contribution in [0.2, 0.25) is 0 Å². The minimum absolute atomic E-state index is 0.0167. The van der Waals surface area contributed by atoms with Crippen LogP contribution in [-0.2, 0) is 19.3 Å². The summed E-state index contributed by atoms with van der Waals surface area (Å²) in [6.07, 6.45) is 3.38. The Hall–Kier alpha value is -2.20. The number of nitro groups is 1. The summed E-state index contributed by atoms with van der Waals surface area (Å²) in [5.74, 6) is 1.33. The molecular weight excluding hydrogens is 324 g/mol. The number of nitrogens with zero attached hydrogens (tertiary/aromatic N) is 6. The molecule has 22 heavy (non-hydrogen) atoms. The van der Waals surface area contributed by atoms with Crippen LogP contribution in [0.5, 0.6) is 0 Å². The fourth-order valence-corrected chi connectivity index (χ4v) is 3.32. The lowest BCUT2D eigenvalue weighted by molar-refractivity contribution is -0.385. The zero-order valence-corrected chi connectivity index (χ0v) is 13.3. The van der Waals surface area contributed by atoms with Crippen molar-refractivity contribution in [3.05, 3.63) is 50.7 Å². The largest absolute Gasteiger partial charge is 0.309 e. The fraction of sp³-hybridized carbons (Fsp3) is 0.250. The van der Waals surface area contributed by atoms with Gasteiger partial charge in [-0.05, 0) is 11.4 Å². The standard InChI is InChI=1S/C12H12N6O2S2/c1-16-11(5-10-3-2-4-21-10)14-15-12(16)22-8-17-7-9(6-13-17)18(19)20/h2-4,6-7H,5,8H2,1H3. The first-order valence-corrected chi connectivity index (χ1v) is 8.20. The first-order valence-electron chi connectivity index (χ1n) is 6.34. The molecule has 0 aliphatic carbocycles. The Morgan fingerprint density at radius 2 is 2.32 bits per heavy atom. The topological polar surface area (TPSA) is 91.7 Å². The van der Waals surface area contributed by atoms with Crippen LogP contribution in [-0.4, -0.2) is 29.5 Å². The Morgan fingerprint density at radius 1 is 1.45 bits per heavy atom. The molecule has 114 valence electrons. The summed E-state index contributed by atoms with van der Waals surface area (Å²) < 4.78 is 3.44. The molecule has 0 saturated carbocycles. The molecule has 0 bridgehead atoms. The second-order valence-electron chi connectivity index (χ2n) is 4.48. The van der Waals surface area contributed by atoms with Crippen LogP contribution in [0.25, 0.3) is 0 Å². The number of hydrogen-bond donors (Lipinski definition) is 0. The van der Waals surface area contributed by atoms with E-state index in [4.69, 9.17) is 0 Å². The Balaban J connectivity index is 1.65. The summed E-state index contributed by atoms with van der Waals surface area (Å²) in [6.45, 7) is 0. The van der Waals surface area contributed by atoms with Gasteiger partial charge in [-0.3, -0.25) is 14.8 Å². The molecule has 3 aromatic heterocycles. The van der Waals surface area contributed by atoms with E-state index in [1.165, 1.54) is 33.7 Å². The molecular formula is C12H12N6O2S2. The van der Waals surface area contributed by atoms with Crippen LogP contribution in [0.15, 0.2) is 35.1 Å². The molecule has 0 radical (unpaired) electrons. The van der Waals surface area contributed by atoms with Crippen molar-refractivity contribution >= 4 is 28.8 Å². The van der Waals surface area contributed by atoms with Crippen LogP contribution < -0.4 is 0 Å². The summed E-state index contributed by atoms with van der Waals surface area (Å²) >= 11 is 3.11. The van der Waals surface area contributed by atoms with Gasteiger partial charge in [-0.1, -0.05) is 17.8 Å². The highest BCUT2D eigenvalue weighted by Gasteiger charge is 2.12. The van der Waals surface area contributed by atoms with Crippen molar-refractivity contribution in [1.82, 2.24) is 24.5 Å². The maximum Gasteiger partial charge on any atom is 0.307 e. The van der Waals surface area contributed by atoms with Crippen molar-refractivity contribution < 1.29 is 4.92 Å². The van der Waals surface area contributed by atoms with E-state index in [1.54, 1.807) is 11.3 Å². The molecule has 0 aromatic carbocycles. The Labute approximate surface area is 133 Å². The van der Waals surface area contributed by atoms with Crippen LogP contribution in [0.4, 0.5) is 5.69 Å². The fourth-order valence-electron chi connectivity index (χ4n) is 1.84. The number of hydrogen-bond acceptors (Lipinski definition) is 7. The zero-order chi connectivity index (χ0) is 15.5. The molecule has 0 saturated heterocycles. The third-order valence-electron chi connectivity index (χ3n) is 2.99. The maximum atomic E-state index is 10.6. The van der Waals surface area contributed by atoms with E-state index in [-0.39, 0.29) is 5.69 Å². The number of thiophene rings is 1. The highest BCUT2D eigenvalue weighted by atomic mass is 32.2. The van der Waals surface area contributed by atoms with Gasteiger partial charge in [-0.2, -0.15) is 5.10 Å². The molecule has 3 heterocycles. The van der Waals surface area contributed by atoms with Crippen molar-refractivity contribution in [2.75, 3.05) is 0 Å². The summed E-state index contributed by atoms with van der Waals surface area (Å²) in [7, 11) is 1.91. The monoisotopic (exact) mass is 336 g/mol. The molecule has 0 fully saturated rings. The predicted octanol–water partition coefficient (Wildman–Crippen LogP) is 2.32. The molecule has 3 aromatic rings. The van der Waals surface area contributed by atoms with E-state index in [0.717, 1.165) is 17.4 Å². The van der Waals surface area contributed by atoms with Gasteiger partial charge in [0, 0.05) is 18.3 Å². The molecule has 3 rings (SSSR count). The van der Waals surface area contributed by atoms with Gasteiger partial charge >= 0.3 is 5.69 Å². The van der Waals surface area contributed by atoms with Gasteiger partial charge in [0.2, 0.25) is 0 Å². The van der Waals surface area contributed by atoms with Gasteiger partial charge in [0.05, 0.1) is 10.8 Å². The summed E-state index contributed by atoms with van der Waals surface area (Å²) in [5, 5.41) is 25.7. The van der Waals surface area contributed by atoms with Gasteiger partial charge in [0.15, 0.2) is 5.16 Å². The second kappa shape index (κ2) is 6.28. The van der Waals surface area contributed by atoms with Crippen molar-refractivity contribution in [3.8, 4) is 0 Å². The smallest absolute Gasteiger partial charge is 0.307 e.